The number of carbonyl (C=O) groups is 1. The third-order valence-electron chi connectivity index (χ3n) is 3.72. The minimum Gasteiger partial charge on any atom is -0.379 e. The maximum atomic E-state index is 12.5. The van der Waals surface area contributed by atoms with E-state index in [-0.39, 0.29) is 11.9 Å². The molecule has 110 valence electrons. The quantitative estimate of drug-likeness (QED) is 0.891. The van der Waals surface area contributed by atoms with Gasteiger partial charge in [-0.25, -0.2) is 0 Å². The lowest BCUT2D eigenvalue weighted by atomic mass is 9.85. The summed E-state index contributed by atoms with van der Waals surface area (Å²) in [6, 6.07) is 5.12. The third kappa shape index (κ3) is 2.61. The van der Waals surface area contributed by atoms with Gasteiger partial charge in [-0.3, -0.25) is 4.79 Å². The molecule has 0 aromatic heterocycles. The van der Waals surface area contributed by atoms with E-state index < -0.39 is 5.41 Å². The molecule has 1 fully saturated rings. The summed E-state index contributed by atoms with van der Waals surface area (Å²) >= 11 is 6.19. The number of para-hydroxylation sites is 1. The Morgan fingerprint density at radius 2 is 2.25 bits per heavy atom. The molecule has 0 spiro atoms. The van der Waals surface area contributed by atoms with Gasteiger partial charge in [0.1, 0.15) is 0 Å². The lowest BCUT2D eigenvalue weighted by molar-refractivity contribution is -0.125. The van der Waals surface area contributed by atoms with Gasteiger partial charge in [0, 0.05) is 20.1 Å². The third-order valence-corrected chi connectivity index (χ3v) is 4.02. The van der Waals surface area contributed by atoms with Crippen molar-refractivity contribution in [3.05, 3.63) is 23.2 Å². The van der Waals surface area contributed by atoms with Crippen LogP contribution in [-0.2, 0) is 9.53 Å². The Hall–Kier alpha value is -1.30. The molecule has 2 rings (SSSR count). The Morgan fingerprint density at radius 3 is 2.80 bits per heavy atom. The first kappa shape index (κ1) is 15.1. The number of ether oxygens (including phenoxy) is 1. The molecule has 1 heterocycles. The number of halogens is 1. The van der Waals surface area contributed by atoms with Gasteiger partial charge in [0.05, 0.1) is 35.0 Å². The molecule has 20 heavy (non-hydrogen) atoms. The van der Waals surface area contributed by atoms with E-state index in [4.69, 9.17) is 22.1 Å². The lowest BCUT2D eigenvalue weighted by Gasteiger charge is -2.27. The highest BCUT2D eigenvalue weighted by Gasteiger charge is 2.44. The van der Waals surface area contributed by atoms with Crippen molar-refractivity contribution in [2.45, 2.75) is 13.0 Å². The molecule has 1 saturated heterocycles. The average molecular weight is 298 g/mol. The van der Waals surface area contributed by atoms with E-state index >= 15 is 0 Å². The first-order valence-corrected chi connectivity index (χ1v) is 6.84. The largest absolute Gasteiger partial charge is 0.379 e. The topological polar surface area (TPSA) is 67.6 Å². The average Bonchev–Trinajstić information content (AvgIpc) is 2.70. The number of hydrogen-bond acceptors (Lipinski definition) is 4. The van der Waals surface area contributed by atoms with Crippen molar-refractivity contribution in [3.63, 3.8) is 0 Å². The van der Waals surface area contributed by atoms with Crippen LogP contribution in [0, 0.1) is 5.41 Å². The summed E-state index contributed by atoms with van der Waals surface area (Å²) in [7, 11) is 3.76. The molecule has 0 aliphatic carbocycles. The summed E-state index contributed by atoms with van der Waals surface area (Å²) in [4.78, 5) is 14.4. The molecule has 0 radical (unpaired) electrons. The van der Waals surface area contributed by atoms with Crippen LogP contribution in [0.3, 0.4) is 0 Å². The molecule has 1 aromatic carbocycles. The first-order chi connectivity index (χ1) is 9.36. The van der Waals surface area contributed by atoms with E-state index in [0.29, 0.717) is 23.9 Å². The van der Waals surface area contributed by atoms with Crippen molar-refractivity contribution >= 4 is 28.9 Å². The Morgan fingerprint density at radius 1 is 1.55 bits per heavy atom. The number of hydrogen-bond donors (Lipinski definition) is 2. The molecular weight excluding hydrogens is 278 g/mol. The molecule has 2 unspecified atom stereocenters. The van der Waals surface area contributed by atoms with Gasteiger partial charge in [-0.15, -0.1) is 0 Å². The molecule has 1 aliphatic heterocycles. The van der Waals surface area contributed by atoms with Gasteiger partial charge < -0.3 is 20.7 Å². The van der Waals surface area contributed by atoms with E-state index in [2.05, 4.69) is 5.32 Å². The highest BCUT2D eigenvalue weighted by molar-refractivity contribution is 6.34. The second kappa shape index (κ2) is 5.60. The normalized spacial score (nSPS) is 25.6. The minimum atomic E-state index is -0.716. The van der Waals surface area contributed by atoms with Crippen LogP contribution >= 0.6 is 11.6 Å². The number of anilines is 2. The second-order valence-electron chi connectivity index (χ2n) is 5.52. The minimum absolute atomic E-state index is 0.145. The van der Waals surface area contributed by atoms with E-state index in [1.54, 1.807) is 12.1 Å². The Bertz CT molecular complexity index is 521. The standard InChI is InChI=1S/C14H20ClN3O2/c1-14(8-20-7-11(14)16)13(19)17-10-6-4-5-9(15)12(10)18(2)3/h4-6,11H,7-8,16H2,1-3H3,(H,17,19). The predicted molar refractivity (Wildman–Crippen MR) is 81.3 cm³/mol. The molecule has 6 heteroatoms. The molecule has 0 saturated carbocycles. The molecule has 1 aromatic rings. The fraction of sp³-hybridized carbons (Fsp3) is 0.500. The predicted octanol–water partition coefficient (Wildman–Crippen LogP) is 1.71. The van der Waals surface area contributed by atoms with Gasteiger partial charge in [-0.1, -0.05) is 17.7 Å². The molecule has 3 N–H and O–H groups in total. The smallest absolute Gasteiger partial charge is 0.234 e. The Balaban J connectivity index is 2.27. The SMILES string of the molecule is CN(C)c1c(Cl)cccc1NC(=O)C1(C)COCC1N. The van der Waals surface area contributed by atoms with Crippen LogP contribution in [-0.4, -0.2) is 39.3 Å². The summed E-state index contributed by atoms with van der Waals surface area (Å²) in [5, 5.41) is 3.51. The molecule has 1 aliphatic rings. The van der Waals surface area contributed by atoms with Crippen molar-refractivity contribution in [1.82, 2.24) is 0 Å². The first-order valence-electron chi connectivity index (χ1n) is 6.47. The lowest BCUT2D eigenvalue weighted by Crippen LogP contribution is -2.47. The van der Waals surface area contributed by atoms with Crippen molar-refractivity contribution in [1.29, 1.82) is 0 Å². The summed E-state index contributed by atoms with van der Waals surface area (Å²) < 4.78 is 5.31. The summed E-state index contributed by atoms with van der Waals surface area (Å²) in [6.07, 6.45) is 0. The maximum Gasteiger partial charge on any atom is 0.234 e. The van der Waals surface area contributed by atoms with Gasteiger partial charge in [0.25, 0.3) is 0 Å². The van der Waals surface area contributed by atoms with Crippen molar-refractivity contribution in [3.8, 4) is 0 Å². The van der Waals surface area contributed by atoms with E-state index in [9.17, 15) is 4.79 Å². The zero-order valence-electron chi connectivity index (χ0n) is 11.9. The van der Waals surface area contributed by atoms with Crippen LogP contribution in [0.15, 0.2) is 18.2 Å². The molecule has 5 nitrogen and oxygen atoms in total. The van der Waals surface area contributed by atoms with Crippen molar-refractivity contribution in [2.24, 2.45) is 11.1 Å². The van der Waals surface area contributed by atoms with Crippen LogP contribution in [0.25, 0.3) is 0 Å². The van der Waals surface area contributed by atoms with Crippen LogP contribution in [0.2, 0.25) is 5.02 Å². The van der Waals surface area contributed by atoms with Crippen LogP contribution in [0.5, 0.6) is 0 Å². The summed E-state index contributed by atoms with van der Waals surface area (Å²) in [5.41, 5.74) is 6.71. The fourth-order valence-corrected chi connectivity index (χ4v) is 2.60. The number of carbonyl (C=O) groups excluding carboxylic acids is 1. The summed E-state index contributed by atoms with van der Waals surface area (Å²) in [6.45, 7) is 2.55. The zero-order valence-corrected chi connectivity index (χ0v) is 12.7. The van der Waals surface area contributed by atoms with Crippen LogP contribution in [0.1, 0.15) is 6.92 Å². The maximum absolute atomic E-state index is 12.5. The molecular formula is C14H20ClN3O2. The van der Waals surface area contributed by atoms with Gasteiger partial charge in [-0.2, -0.15) is 0 Å². The van der Waals surface area contributed by atoms with Gasteiger partial charge in [0.15, 0.2) is 0 Å². The van der Waals surface area contributed by atoms with Gasteiger partial charge in [-0.05, 0) is 19.1 Å². The summed E-state index contributed by atoms with van der Waals surface area (Å²) in [5.74, 6) is -0.145. The molecule has 2 atom stereocenters. The highest BCUT2D eigenvalue weighted by Crippen LogP contribution is 2.35. The molecule has 1 amide bonds. The van der Waals surface area contributed by atoms with Crippen molar-refractivity contribution < 1.29 is 9.53 Å². The number of nitrogens with two attached hydrogens (primary N) is 1. The van der Waals surface area contributed by atoms with Gasteiger partial charge >= 0.3 is 0 Å². The van der Waals surface area contributed by atoms with E-state index in [1.165, 1.54) is 0 Å². The molecule has 0 bridgehead atoms. The number of amides is 1. The van der Waals surface area contributed by atoms with Crippen LogP contribution < -0.4 is 16.0 Å². The second-order valence-corrected chi connectivity index (χ2v) is 5.93. The Labute approximate surface area is 124 Å². The number of nitrogens with zero attached hydrogens (tertiary/aromatic N) is 1. The Kier molecular flexibility index (Phi) is 4.22. The van der Waals surface area contributed by atoms with E-state index in [1.807, 2.05) is 32.0 Å². The highest BCUT2D eigenvalue weighted by atomic mass is 35.5. The monoisotopic (exact) mass is 297 g/mol. The van der Waals surface area contributed by atoms with Crippen LogP contribution in [0.4, 0.5) is 11.4 Å². The fourth-order valence-electron chi connectivity index (χ4n) is 2.26. The number of benzene rings is 1. The number of nitrogens with one attached hydrogen (secondary N) is 1. The van der Waals surface area contributed by atoms with E-state index in [0.717, 1.165) is 5.69 Å². The zero-order chi connectivity index (χ0) is 14.9. The van der Waals surface area contributed by atoms with Crippen molar-refractivity contribution in [2.75, 3.05) is 37.5 Å². The van der Waals surface area contributed by atoms with Gasteiger partial charge in [0.2, 0.25) is 5.91 Å². The number of rotatable bonds is 3.